The van der Waals surface area contributed by atoms with Gasteiger partial charge in [-0.1, -0.05) is 29.8 Å². The molecule has 0 radical (unpaired) electrons. The first kappa shape index (κ1) is 18.2. The largest absolute Gasteiger partial charge is 0.494 e. The number of fused-ring (bicyclic) bond motifs is 1. The number of carbonyl (C=O) groups excluding carboxylic acids is 1. The van der Waals surface area contributed by atoms with Crippen LogP contribution in [-0.4, -0.2) is 28.6 Å². The van der Waals surface area contributed by atoms with Crippen molar-refractivity contribution in [1.82, 2.24) is 9.47 Å². The van der Waals surface area contributed by atoms with Crippen LogP contribution >= 0.6 is 0 Å². The van der Waals surface area contributed by atoms with E-state index in [2.05, 4.69) is 53.3 Å². The molecular formula is C23H25N3O2. The summed E-state index contributed by atoms with van der Waals surface area (Å²) in [5.74, 6) is 0.800. The van der Waals surface area contributed by atoms with Gasteiger partial charge in [0, 0.05) is 30.7 Å². The summed E-state index contributed by atoms with van der Waals surface area (Å²) in [5.41, 5.74) is 4.21. The van der Waals surface area contributed by atoms with Crippen LogP contribution in [0.2, 0.25) is 0 Å². The summed E-state index contributed by atoms with van der Waals surface area (Å²) in [5, 5.41) is 3.04. The highest BCUT2D eigenvalue weighted by Crippen LogP contribution is 2.33. The van der Waals surface area contributed by atoms with Gasteiger partial charge in [-0.05, 0) is 55.8 Å². The van der Waals surface area contributed by atoms with Gasteiger partial charge < -0.3 is 19.5 Å². The second-order valence-electron chi connectivity index (χ2n) is 7.02. The van der Waals surface area contributed by atoms with Crippen molar-refractivity contribution < 1.29 is 9.53 Å². The second kappa shape index (κ2) is 7.80. The molecular weight excluding hydrogens is 350 g/mol. The molecule has 4 rings (SSSR count). The van der Waals surface area contributed by atoms with Crippen molar-refractivity contribution >= 4 is 11.7 Å². The fourth-order valence-corrected chi connectivity index (χ4v) is 3.79. The third-order valence-electron chi connectivity index (χ3n) is 5.07. The van der Waals surface area contributed by atoms with Gasteiger partial charge in [0.2, 0.25) is 0 Å². The zero-order chi connectivity index (χ0) is 19.5. The van der Waals surface area contributed by atoms with Crippen molar-refractivity contribution in [1.29, 1.82) is 0 Å². The van der Waals surface area contributed by atoms with Gasteiger partial charge in [0.25, 0.3) is 0 Å². The maximum absolute atomic E-state index is 13.2. The van der Waals surface area contributed by atoms with E-state index in [4.69, 9.17) is 4.74 Å². The fourth-order valence-electron chi connectivity index (χ4n) is 3.79. The van der Waals surface area contributed by atoms with Crippen LogP contribution < -0.4 is 10.1 Å². The molecule has 1 aliphatic rings. The number of aromatic nitrogens is 1. The molecule has 0 saturated carbocycles. The van der Waals surface area contributed by atoms with E-state index in [-0.39, 0.29) is 12.1 Å². The molecule has 0 spiro atoms. The van der Waals surface area contributed by atoms with Crippen molar-refractivity contribution in [3.63, 3.8) is 0 Å². The molecule has 5 heteroatoms. The van der Waals surface area contributed by atoms with Gasteiger partial charge in [-0.15, -0.1) is 0 Å². The summed E-state index contributed by atoms with van der Waals surface area (Å²) in [7, 11) is 0. The first-order valence-corrected chi connectivity index (χ1v) is 9.68. The lowest BCUT2D eigenvalue weighted by Gasteiger charge is -2.37. The average molecular weight is 375 g/mol. The minimum Gasteiger partial charge on any atom is -0.494 e. The van der Waals surface area contributed by atoms with E-state index >= 15 is 0 Å². The van der Waals surface area contributed by atoms with E-state index in [0.717, 1.165) is 29.2 Å². The maximum atomic E-state index is 13.2. The molecule has 1 unspecified atom stereocenters. The van der Waals surface area contributed by atoms with Crippen LogP contribution in [-0.2, 0) is 6.54 Å². The van der Waals surface area contributed by atoms with Gasteiger partial charge in [0.05, 0.1) is 12.6 Å². The van der Waals surface area contributed by atoms with Crippen molar-refractivity contribution in [2.45, 2.75) is 26.4 Å². The lowest BCUT2D eigenvalue weighted by Crippen LogP contribution is -2.44. The first-order chi connectivity index (χ1) is 13.7. The van der Waals surface area contributed by atoms with E-state index in [1.54, 1.807) is 0 Å². The number of aryl methyl sites for hydroxylation is 1. The molecule has 2 amide bonds. The van der Waals surface area contributed by atoms with Crippen LogP contribution in [0.1, 0.15) is 29.8 Å². The van der Waals surface area contributed by atoms with Gasteiger partial charge in [-0.25, -0.2) is 4.79 Å². The minimum absolute atomic E-state index is 0.0943. The molecule has 1 atom stereocenters. The molecule has 2 heterocycles. The Morgan fingerprint density at radius 2 is 1.93 bits per heavy atom. The van der Waals surface area contributed by atoms with Gasteiger partial charge in [-0.3, -0.25) is 0 Å². The smallest absolute Gasteiger partial charge is 0.322 e. The lowest BCUT2D eigenvalue weighted by atomic mass is 9.98. The van der Waals surface area contributed by atoms with Crippen LogP contribution in [0.3, 0.4) is 0 Å². The number of rotatable bonds is 4. The molecule has 5 nitrogen and oxygen atoms in total. The van der Waals surface area contributed by atoms with Crippen LogP contribution in [0.4, 0.5) is 10.5 Å². The Bertz CT molecular complexity index is 962. The SMILES string of the molecule is CCOc1ccc(NC(=O)N2CCn3cccc3C2c2cccc(C)c2)cc1. The van der Waals surface area contributed by atoms with Gasteiger partial charge in [-0.2, -0.15) is 0 Å². The third-order valence-corrected chi connectivity index (χ3v) is 5.07. The van der Waals surface area contributed by atoms with Crippen molar-refractivity contribution in [2.75, 3.05) is 18.5 Å². The number of nitrogens with one attached hydrogen (secondary N) is 1. The summed E-state index contributed by atoms with van der Waals surface area (Å²) in [6, 6.07) is 19.8. The molecule has 0 fully saturated rings. The van der Waals surface area contributed by atoms with Crippen LogP contribution in [0.15, 0.2) is 66.9 Å². The van der Waals surface area contributed by atoms with E-state index in [9.17, 15) is 4.79 Å². The number of hydrogen-bond acceptors (Lipinski definition) is 2. The Morgan fingerprint density at radius 1 is 1.11 bits per heavy atom. The number of amides is 2. The number of urea groups is 1. The Hall–Kier alpha value is -3.21. The zero-order valence-corrected chi connectivity index (χ0v) is 16.3. The standard InChI is InChI=1S/C23H25N3O2/c1-3-28-20-11-9-19(10-12-20)24-23(27)26-15-14-25-13-5-8-21(25)22(26)18-7-4-6-17(2)16-18/h4-13,16,22H,3,14-15H2,1-2H3,(H,24,27). The van der Waals surface area contributed by atoms with E-state index in [1.165, 1.54) is 5.56 Å². The predicted octanol–water partition coefficient (Wildman–Crippen LogP) is 4.83. The van der Waals surface area contributed by atoms with E-state index in [1.807, 2.05) is 42.2 Å². The highest BCUT2D eigenvalue weighted by Gasteiger charge is 2.32. The Kier molecular flexibility index (Phi) is 5.06. The minimum atomic E-state index is -0.105. The molecule has 0 saturated heterocycles. The summed E-state index contributed by atoms with van der Waals surface area (Å²) in [6.45, 7) is 6.10. The van der Waals surface area contributed by atoms with Crippen LogP contribution in [0, 0.1) is 6.92 Å². The summed E-state index contributed by atoms with van der Waals surface area (Å²) >= 11 is 0. The third kappa shape index (κ3) is 3.60. The van der Waals surface area contributed by atoms with Crippen molar-refractivity contribution in [2.24, 2.45) is 0 Å². The highest BCUT2D eigenvalue weighted by atomic mass is 16.5. The normalized spacial score (nSPS) is 15.8. The predicted molar refractivity (Wildman–Crippen MR) is 111 cm³/mol. The summed E-state index contributed by atoms with van der Waals surface area (Å²) in [6.07, 6.45) is 2.08. The zero-order valence-electron chi connectivity index (χ0n) is 16.3. The first-order valence-electron chi connectivity index (χ1n) is 9.68. The molecule has 144 valence electrons. The summed E-state index contributed by atoms with van der Waals surface area (Å²) < 4.78 is 7.70. The quantitative estimate of drug-likeness (QED) is 0.710. The molecule has 1 aliphatic heterocycles. The second-order valence-corrected chi connectivity index (χ2v) is 7.02. The summed E-state index contributed by atoms with van der Waals surface area (Å²) in [4.78, 5) is 15.1. The molecule has 28 heavy (non-hydrogen) atoms. The Morgan fingerprint density at radius 3 is 2.68 bits per heavy atom. The average Bonchev–Trinajstić information content (AvgIpc) is 3.17. The van der Waals surface area contributed by atoms with Crippen LogP contribution in [0.5, 0.6) is 5.75 Å². The van der Waals surface area contributed by atoms with Gasteiger partial charge in [0.15, 0.2) is 0 Å². The van der Waals surface area contributed by atoms with Gasteiger partial charge in [0.1, 0.15) is 5.75 Å². The van der Waals surface area contributed by atoms with Crippen LogP contribution in [0.25, 0.3) is 0 Å². The number of benzene rings is 2. The molecule has 3 aromatic rings. The van der Waals surface area contributed by atoms with Crippen molar-refractivity contribution in [3.05, 3.63) is 83.7 Å². The maximum Gasteiger partial charge on any atom is 0.322 e. The number of anilines is 1. The van der Waals surface area contributed by atoms with E-state index < -0.39 is 0 Å². The highest BCUT2D eigenvalue weighted by molar-refractivity contribution is 5.90. The van der Waals surface area contributed by atoms with Crippen molar-refractivity contribution in [3.8, 4) is 5.75 Å². The molecule has 0 aliphatic carbocycles. The van der Waals surface area contributed by atoms with E-state index in [0.29, 0.717) is 13.2 Å². The molecule has 0 bridgehead atoms. The number of hydrogen-bond donors (Lipinski definition) is 1. The topological polar surface area (TPSA) is 46.5 Å². The number of nitrogens with zero attached hydrogens (tertiary/aromatic N) is 2. The monoisotopic (exact) mass is 375 g/mol. The fraction of sp³-hybridized carbons (Fsp3) is 0.261. The Balaban J connectivity index is 1.60. The Labute approximate surface area is 165 Å². The number of carbonyl (C=O) groups is 1. The number of ether oxygens (including phenoxy) is 1. The molecule has 1 N–H and O–H groups in total. The molecule has 1 aromatic heterocycles. The van der Waals surface area contributed by atoms with Gasteiger partial charge >= 0.3 is 6.03 Å². The molecule has 2 aromatic carbocycles. The lowest BCUT2D eigenvalue weighted by molar-refractivity contribution is 0.182.